The highest BCUT2D eigenvalue weighted by Crippen LogP contribution is 2.19. The molecule has 3 rings (SSSR count). The summed E-state index contributed by atoms with van der Waals surface area (Å²) in [6, 6.07) is 23.6. The van der Waals surface area contributed by atoms with Gasteiger partial charge < -0.3 is 25.8 Å². The molecule has 0 aliphatic carbocycles. The second-order valence-corrected chi connectivity index (χ2v) is 7.93. The molecule has 2 atom stereocenters. The number of carbonyl (C=O) groups excluding carboxylic acids is 3. The topological polar surface area (TPSA) is 120 Å². The molecule has 0 spiro atoms. The fourth-order valence-electron chi connectivity index (χ4n) is 3.55. The standard InChI is InChI=1S/C27H29N3O5/c1-34-24-15-9-8-14-21(24)17-22(25(28)31)29-26(32)23(16-19-10-4-2-5-11-19)30-27(33)35-18-20-12-6-3-7-13-20/h2-15,22-23H,16-18H2,1H3,(H2,28,31)(H,29,32)(H,30,33)/t22-,23+/m1/s1. The Hall–Kier alpha value is -4.33. The average Bonchev–Trinajstić information content (AvgIpc) is 2.88. The van der Waals surface area contributed by atoms with Gasteiger partial charge in [0.2, 0.25) is 11.8 Å². The molecule has 3 amide bonds. The summed E-state index contributed by atoms with van der Waals surface area (Å²) in [4.78, 5) is 37.8. The molecule has 8 nitrogen and oxygen atoms in total. The van der Waals surface area contributed by atoms with E-state index in [0.717, 1.165) is 11.1 Å². The molecule has 0 aliphatic heterocycles. The van der Waals surface area contributed by atoms with Crippen LogP contribution in [0.4, 0.5) is 4.79 Å². The summed E-state index contributed by atoms with van der Waals surface area (Å²) < 4.78 is 10.6. The zero-order valence-electron chi connectivity index (χ0n) is 19.5. The van der Waals surface area contributed by atoms with E-state index in [1.807, 2.05) is 60.7 Å². The second-order valence-electron chi connectivity index (χ2n) is 7.93. The van der Waals surface area contributed by atoms with Gasteiger partial charge in [0.1, 0.15) is 24.4 Å². The van der Waals surface area contributed by atoms with E-state index in [4.69, 9.17) is 15.2 Å². The van der Waals surface area contributed by atoms with Gasteiger partial charge in [0.25, 0.3) is 0 Å². The molecule has 3 aromatic rings. The minimum atomic E-state index is -1.00. The van der Waals surface area contributed by atoms with Crippen LogP contribution < -0.4 is 21.1 Å². The number of carbonyl (C=O) groups is 3. The van der Waals surface area contributed by atoms with Crippen molar-refractivity contribution < 1.29 is 23.9 Å². The van der Waals surface area contributed by atoms with Crippen molar-refractivity contribution in [3.8, 4) is 5.75 Å². The zero-order chi connectivity index (χ0) is 25.0. The molecule has 3 aromatic carbocycles. The first-order chi connectivity index (χ1) is 17.0. The first-order valence-corrected chi connectivity index (χ1v) is 11.2. The summed E-state index contributed by atoms with van der Waals surface area (Å²) in [5.41, 5.74) is 7.95. The van der Waals surface area contributed by atoms with Crippen LogP contribution in [0.25, 0.3) is 0 Å². The Kier molecular flexibility index (Phi) is 9.24. The lowest BCUT2D eigenvalue weighted by Gasteiger charge is -2.22. The van der Waals surface area contributed by atoms with Crippen molar-refractivity contribution in [2.24, 2.45) is 5.73 Å². The lowest BCUT2D eigenvalue weighted by atomic mass is 10.0. The van der Waals surface area contributed by atoms with Crippen molar-refractivity contribution in [3.63, 3.8) is 0 Å². The van der Waals surface area contributed by atoms with E-state index < -0.39 is 30.0 Å². The predicted molar refractivity (Wildman–Crippen MR) is 132 cm³/mol. The molecule has 4 N–H and O–H groups in total. The number of hydrogen-bond donors (Lipinski definition) is 3. The van der Waals surface area contributed by atoms with Crippen molar-refractivity contribution in [2.45, 2.75) is 31.5 Å². The summed E-state index contributed by atoms with van der Waals surface area (Å²) in [7, 11) is 1.53. The Labute approximate surface area is 204 Å². The molecular formula is C27H29N3O5. The molecule has 0 aromatic heterocycles. The highest BCUT2D eigenvalue weighted by Gasteiger charge is 2.27. The maximum Gasteiger partial charge on any atom is 0.408 e. The zero-order valence-corrected chi connectivity index (χ0v) is 19.5. The Bertz CT molecular complexity index is 1120. The average molecular weight is 476 g/mol. The number of primary amides is 1. The van der Waals surface area contributed by atoms with Crippen molar-refractivity contribution in [3.05, 3.63) is 102 Å². The molecule has 0 unspecified atom stereocenters. The third kappa shape index (κ3) is 7.89. The maximum atomic E-state index is 13.2. The lowest BCUT2D eigenvalue weighted by molar-refractivity contribution is -0.128. The van der Waals surface area contributed by atoms with Crippen LogP contribution in [0.3, 0.4) is 0 Å². The molecule has 0 heterocycles. The largest absolute Gasteiger partial charge is 0.496 e. The SMILES string of the molecule is COc1ccccc1C[C@@H](NC(=O)[C@H](Cc1ccccc1)NC(=O)OCc1ccccc1)C(N)=O. The van der Waals surface area contributed by atoms with Crippen molar-refractivity contribution in [2.75, 3.05) is 7.11 Å². The van der Waals surface area contributed by atoms with Crippen molar-refractivity contribution in [1.29, 1.82) is 0 Å². The molecule has 0 saturated carbocycles. The number of ether oxygens (including phenoxy) is 2. The normalized spacial score (nSPS) is 12.1. The maximum absolute atomic E-state index is 13.2. The number of benzene rings is 3. The number of hydrogen-bond acceptors (Lipinski definition) is 5. The third-order valence-corrected chi connectivity index (χ3v) is 5.38. The van der Waals surface area contributed by atoms with E-state index in [9.17, 15) is 14.4 Å². The summed E-state index contributed by atoms with van der Waals surface area (Å²) >= 11 is 0. The molecule has 0 saturated heterocycles. The first kappa shape index (κ1) is 25.3. The fraction of sp³-hybridized carbons (Fsp3) is 0.222. The molecule has 0 aliphatic rings. The van der Waals surface area contributed by atoms with E-state index in [0.29, 0.717) is 11.3 Å². The number of rotatable bonds is 11. The number of alkyl carbamates (subject to hydrolysis) is 1. The van der Waals surface area contributed by atoms with E-state index in [1.54, 1.807) is 24.3 Å². The monoisotopic (exact) mass is 475 g/mol. The number of para-hydroxylation sites is 1. The Morgan fingerprint density at radius 3 is 2.00 bits per heavy atom. The third-order valence-electron chi connectivity index (χ3n) is 5.38. The van der Waals surface area contributed by atoms with Crippen LogP contribution in [0, 0.1) is 0 Å². The Morgan fingerprint density at radius 2 is 1.37 bits per heavy atom. The molecular weight excluding hydrogens is 446 g/mol. The van der Waals surface area contributed by atoms with Crippen LogP contribution in [0.1, 0.15) is 16.7 Å². The van der Waals surface area contributed by atoms with E-state index >= 15 is 0 Å². The van der Waals surface area contributed by atoms with Gasteiger partial charge in [-0.3, -0.25) is 9.59 Å². The van der Waals surface area contributed by atoms with Crippen LogP contribution in [0.2, 0.25) is 0 Å². The van der Waals surface area contributed by atoms with E-state index in [1.165, 1.54) is 7.11 Å². The van der Waals surface area contributed by atoms with Gasteiger partial charge in [0.15, 0.2) is 0 Å². The second kappa shape index (κ2) is 12.8. The minimum Gasteiger partial charge on any atom is -0.496 e. The number of methoxy groups -OCH3 is 1. The molecule has 182 valence electrons. The van der Waals surface area contributed by atoms with Crippen LogP contribution in [-0.2, 0) is 33.8 Å². The quantitative estimate of drug-likeness (QED) is 0.394. The molecule has 0 radical (unpaired) electrons. The van der Waals surface area contributed by atoms with Crippen LogP contribution in [-0.4, -0.2) is 37.1 Å². The molecule has 35 heavy (non-hydrogen) atoms. The summed E-state index contributed by atoms with van der Waals surface area (Å²) in [5, 5.41) is 5.29. The highest BCUT2D eigenvalue weighted by molar-refractivity contribution is 5.91. The van der Waals surface area contributed by atoms with Crippen LogP contribution >= 0.6 is 0 Å². The highest BCUT2D eigenvalue weighted by atomic mass is 16.5. The van der Waals surface area contributed by atoms with Gasteiger partial charge >= 0.3 is 6.09 Å². The van der Waals surface area contributed by atoms with Gasteiger partial charge in [0, 0.05) is 12.8 Å². The smallest absolute Gasteiger partial charge is 0.408 e. The van der Waals surface area contributed by atoms with Gasteiger partial charge in [-0.15, -0.1) is 0 Å². The van der Waals surface area contributed by atoms with Gasteiger partial charge in [0.05, 0.1) is 7.11 Å². The Balaban J connectivity index is 1.71. The van der Waals surface area contributed by atoms with Gasteiger partial charge in [-0.25, -0.2) is 4.79 Å². The fourth-order valence-corrected chi connectivity index (χ4v) is 3.55. The Morgan fingerprint density at radius 1 is 0.771 bits per heavy atom. The summed E-state index contributed by atoms with van der Waals surface area (Å²) in [6.07, 6.45) is -0.403. The van der Waals surface area contributed by atoms with Gasteiger partial charge in [-0.2, -0.15) is 0 Å². The summed E-state index contributed by atoms with van der Waals surface area (Å²) in [6.45, 7) is 0.0596. The minimum absolute atomic E-state index is 0.0596. The van der Waals surface area contributed by atoms with Gasteiger partial charge in [-0.05, 0) is 22.8 Å². The van der Waals surface area contributed by atoms with Gasteiger partial charge in [-0.1, -0.05) is 78.9 Å². The van der Waals surface area contributed by atoms with Crippen molar-refractivity contribution >= 4 is 17.9 Å². The van der Waals surface area contributed by atoms with Crippen molar-refractivity contribution in [1.82, 2.24) is 10.6 Å². The number of nitrogens with two attached hydrogens (primary N) is 1. The molecule has 0 fully saturated rings. The first-order valence-electron chi connectivity index (χ1n) is 11.2. The molecule has 8 heteroatoms. The van der Waals surface area contributed by atoms with E-state index in [2.05, 4.69) is 10.6 Å². The predicted octanol–water partition coefficient (Wildman–Crippen LogP) is 2.75. The van der Waals surface area contributed by atoms with E-state index in [-0.39, 0.29) is 19.4 Å². The number of amides is 3. The number of nitrogens with one attached hydrogen (secondary N) is 2. The lowest BCUT2D eigenvalue weighted by Crippen LogP contribution is -2.54. The van der Waals surface area contributed by atoms with Crippen LogP contribution in [0.15, 0.2) is 84.9 Å². The van der Waals surface area contributed by atoms with Crippen LogP contribution in [0.5, 0.6) is 5.75 Å². The molecule has 0 bridgehead atoms. The summed E-state index contributed by atoms with van der Waals surface area (Å²) in [5.74, 6) is -0.671.